The molecule has 0 aliphatic heterocycles. The zero-order valence-electron chi connectivity index (χ0n) is 10.4. The molecule has 1 atom stereocenters. The van der Waals surface area contributed by atoms with Crippen LogP contribution in [0.1, 0.15) is 28.3 Å². The Morgan fingerprint density at radius 1 is 0.944 bits per heavy atom. The first-order chi connectivity index (χ1) is 8.45. The highest BCUT2D eigenvalue weighted by molar-refractivity contribution is 6.30. The minimum absolute atomic E-state index is 0.265. The van der Waals surface area contributed by atoms with Gasteiger partial charge in [-0.25, -0.2) is 4.39 Å². The van der Waals surface area contributed by atoms with E-state index in [0.717, 1.165) is 22.3 Å². The lowest BCUT2D eigenvalue weighted by Gasteiger charge is -2.14. The summed E-state index contributed by atoms with van der Waals surface area (Å²) in [4.78, 5) is 0. The first-order valence-electron chi connectivity index (χ1n) is 5.75. The van der Waals surface area contributed by atoms with E-state index in [2.05, 4.69) is 0 Å². The van der Waals surface area contributed by atoms with Crippen LogP contribution in [0.3, 0.4) is 0 Å². The molecule has 2 N–H and O–H groups in total. The van der Waals surface area contributed by atoms with Crippen LogP contribution in [0.25, 0.3) is 0 Å². The van der Waals surface area contributed by atoms with E-state index in [1.54, 1.807) is 0 Å². The second kappa shape index (κ2) is 5.09. The van der Waals surface area contributed by atoms with Gasteiger partial charge in [-0.15, -0.1) is 0 Å². The number of nitrogens with two attached hydrogens (primary N) is 1. The summed E-state index contributed by atoms with van der Waals surface area (Å²) in [6.07, 6.45) is 0. The van der Waals surface area contributed by atoms with Crippen LogP contribution in [0.15, 0.2) is 36.4 Å². The number of hydrogen-bond donors (Lipinski definition) is 1. The van der Waals surface area contributed by atoms with E-state index >= 15 is 0 Å². The van der Waals surface area contributed by atoms with E-state index < -0.39 is 0 Å². The van der Waals surface area contributed by atoms with E-state index in [1.807, 2.05) is 38.1 Å². The lowest BCUT2D eigenvalue weighted by molar-refractivity contribution is 0.622. The van der Waals surface area contributed by atoms with Crippen LogP contribution in [0.5, 0.6) is 0 Å². The Morgan fingerprint density at radius 3 is 2.06 bits per heavy atom. The van der Waals surface area contributed by atoms with Crippen molar-refractivity contribution in [1.29, 1.82) is 0 Å². The second-order valence-electron chi connectivity index (χ2n) is 4.60. The van der Waals surface area contributed by atoms with E-state index in [9.17, 15) is 4.39 Å². The molecule has 2 aromatic rings. The molecule has 0 aliphatic rings. The van der Waals surface area contributed by atoms with Crippen molar-refractivity contribution in [3.05, 3.63) is 69.5 Å². The predicted octanol–water partition coefficient (Wildman–Crippen LogP) is 4.14. The Hall–Kier alpha value is -1.38. The Kier molecular flexibility index (Phi) is 3.69. The minimum atomic E-state index is -0.364. The lowest BCUT2D eigenvalue weighted by atomic mass is 9.97. The van der Waals surface area contributed by atoms with Crippen LogP contribution < -0.4 is 5.73 Å². The summed E-state index contributed by atoms with van der Waals surface area (Å²) in [5.74, 6) is -0.265. The van der Waals surface area contributed by atoms with Crippen LogP contribution >= 0.6 is 11.6 Å². The highest BCUT2D eigenvalue weighted by Gasteiger charge is 2.11. The topological polar surface area (TPSA) is 26.0 Å². The Labute approximate surface area is 111 Å². The van der Waals surface area contributed by atoms with Gasteiger partial charge in [-0.3, -0.25) is 0 Å². The molecule has 0 saturated carbocycles. The normalized spacial score (nSPS) is 12.5. The van der Waals surface area contributed by atoms with Gasteiger partial charge in [-0.1, -0.05) is 23.7 Å². The summed E-state index contributed by atoms with van der Waals surface area (Å²) in [7, 11) is 0. The van der Waals surface area contributed by atoms with Crippen LogP contribution in [0.2, 0.25) is 5.02 Å². The molecule has 0 amide bonds. The van der Waals surface area contributed by atoms with Crippen molar-refractivity contribution in [1.82, 2.24) is 0 Å². The summed E-state index contributed by atoms with van der Waals surface area (Å²) >= 11 is 6.01. The maximum absolute atomic E-state index is 13.4. The van der Waals surface area contributed by atoms with E-state index in [-0.39, 0.29) is 11.9 Å². The van der Waals surface area contributed by atoms with Crippen molar-refractivity contribution in [2.24, 2.45) is 5.73 Å². The van der Waals surface area contributed by atoms with Crippen molar-refractivity contribution in [3.63, 3.8) is 0 Å². The first kappa shape index (κ1) is 13.1. The molecule has 94 valence electrons. The molecule has 0 radical (unpaired) electrons. The first-order valence-corrected chi connectivity index (χ1v) is 6.13. The van der Waals surface area contributed by atoms with Gasteiger partial charge >= 0.3 is 0 Å². The Balaban J connectivity index is 2.43. The SMILES string of the molecule is Cc1cc(F)cc(C(N)c2cc(C)cc(Cl)c2)c1. The van der Waals surface area contributed by atoms with E-state index in [4.69, 9.17) is 17.3 Å². The summed E-state index contributed by atoms with van der Waals surface area (Å²) in [5.41, 5.74) is 9.72. The number of benzene rings is 2. The largest absolute Gasteiger partial charge is 0.320 e. The molecule has 0 aromatic heterocycles. The van der Waals surface area contributed by atoms with Crippen molar-refractivity contribution in [3.8, 4) is 0 Å². The smallest absolute Gasteiger partial charge is 0.123 e. The van der Waals surface area contributed by atoms with Crippen molar-refractivity contribution < 1.29 is 4.39 Å². The molecule has 2 aromatic carbocycles. The van der Waals surface area contributed by atoms with Gasteiger partial charge in [-0.05, 0) is 60.4 Å². The number of rotatable bonds is 2. The molecule has 2 rings (SSSR count). The zero-order chi connectivity index (χ0) is 13.3. The second-order valence-corrected chi connectivity index (χ2v) is 5.04. The van der Waals surface area contributed by atoms with Gasteiger partial charge in [0.2, 0.25) is 0 Å². The summed E-state index contributed by atoms with van der Waals surface area (Å²) in [5, 5.41) is 0.647. The third kappa shape index (κ3) is 2.89. The fourth-order valence-corrected chi connectivity index (χ4v) is 2.38. The average Bonchev–Trinajstić information content (AvgIpc) is 2.25. The lowest BCUT2D eigenvalue weighted by Crippen LogP contribution is -2.12. The molecule has 3 heteroatoms. The quantitative estimate of drug-likeness (QED) is 0.866. The van der Waals surface area contributed by atoms with Crippen LogP contribution in [-0.2, 0) is 0 Å². The zero-order valence-corrected chi connectivity index (χ0v) is 11.1. The maximum Gasteiger partial charge on any atom is 0.123 e. The van der Waals surface area contributed by atoms with Crippen LogP contribution in [0, 0.1) is 19.7 Å². The highest BCUT2D eigenvalue weighted by atomic mass is 35.5. The fraction of sp³-hybridized carbons (Fsp3) is 0.200. The van der Waals surface area contributed by atoms with Gasteiger partial charge in [0.1, 0.15) is 5.82 Å². The number of hydrogen-bond acceptors (Lipinski definition) is 1. The number of halogens is 2. The summed E-state index contributed by atoms with van der Waals surface area (Å²) in [6.45, 7) is 3.81. The van der Waals surface area contributed by atoms with Gasteiger partial charge in [0, 0.05) is 5.02 Å². The molecule has 0 fully saturated rings. The fourth-order valence-electron chi connectivity index (χ4n) is 2.08. The Bertz CT molecular complexity index is 489. The number of aryl methyl sites for hydroxylation is 2. The standard InChI is InChI=1S/C15H15ClFN/c1-9-3-11(7-13(16)5-9)15(18)12-4-10(2)6-14(17)8-12/h3-8,15H,18H2,1-2H3. The third-order valence-electron chi connectivity index (χ3n) is 2.85. The van der Waals surface area contributed by atoms with Crippen molar-refractivity contribution in [2.75, 3.05) is 0 Å². The molecule has 0 heterocycles. The van der Waals surface area contributed by atoms with Crippen molar-refractivity contribution >= 4 is 11.6 Å². The minimum Gasteiger partial charge on any atom is -0.320 e. The molecule has 1 unspecified atom stereocenters. The maximum atomic E-state index is 13.4. The summed E-state index contributed by atoms with van der Waals surface area (Å²) < 4.78 is 13.4. The van der Waals surface area contributed by atoms with Crippen LogP contribution in [-0.4, -0.2) is 0 Å². The van der Waals surface area contributed by atoms with Gasteiger partial charge in [0.25, 0.3) is 0 Å². The third-order valence-corrected chi connectivity index (χ3v) is 3.07. The molecule has 0 bridgehead atoms. The molecule has 18 heavy (non-hydrogen) atoms. The van der Waals surface area contributed by atoms with Gasteiger partial charge in [0.05, 0.1) is 6.04 Å². The molecule has 1 nitrogen and oxygen atoms in total. The van der Waals surface area contributed by atoms with Crippen molar-refractivity contribution in [2.45, 2.75) is 19.9 Å². The predicted molar refractivity (Wildman–Crippen MR) is 73.4 cm³/mol. The molecular formula is C15H15ClFN. The van der Waals surface area contributed by atoms with Gasteiger partial charge in [-0.2, -0.15) is 0 Å². The molecule has 0 spiro atoms. The molecule has 0 saturated heterocycles. The Morgan fingerprint density at radius 2 is 1.50 bits per heavy atom. The highest BCUT2D eigenvalue weighted by Crippen LogP contribution is 2.25. The molecule has 0 aliphatic carbocycles. The molecular weight excluding hydrogens is 249 g/mol. The van der Waals surface area contributed by atoms with E-state index in [1.165, 1.54) is 12.1 Å². The monoisotopic (exact) mass is 263 g/mol. The summed E-state index contributed by atoms with van der Waals surface area (Å²) in [6, 6.07) is 10.1. The van der Waals surface area contributed by atoms with Gasteiger partial charge < -0.3 is 5.73 Å². The van der Waals surface area contributed by atoms with E-state index in [0.29, 0.717) is 5.02 Å². The van der Waals surface area contributed by atoms with Crippen LogP contribution in [0.4, 0.5) is 4.39 Å². The average molecular weight is 264 g/mol. The van der Waals surface area contributed by atoms with Gasteiger partial charge in [0.15, 0.2) is 0 Å².